The lowest BCUT2D eigenvalue weighted by Crippen LogP contribution is -2.13. The molecule has 3 N–H and O–H groups in total. The summed E-state index contributed by atoms with van der Waals surface area (Å²) in [7, 11) is 0. The van der Waals surface area contributed by atoms with Crippen molar-refractivity contribution in [2.75, 3.05) is 5.32 Å². The molecule has 2 aromatic rings. The molecule has 1 aromatic carbocycles. The highest BCUT2D eigenvalue weighted by Crippen LogP contribution is 2.20. The number of rotatable bonds is 3. The Labute approximate surface area is 107 Å². The first kappa shape index (κ1) is 12.3. The minimum atomic E-state index is -0.737. The summed E-state index contributed by atoms with van der Waals surface area (Å²) in [4.78, 5) is 7.83. The fourth-order valence-electron chi connectivity index (χ4n) is 1.29. The fourth-order valence-corrected chi connectivity index (χ4v) is 1.40. The minimum Gasteiger partial charge on any atom is -0.388 e. The van der Waals surface area contributed by atoms with E-state index >= 15 is 0 Å². The second-order valence-corrected chi connectivity index (χ2v) is 3.79. The van der Waals surface area contributed by atoms with Crippen LogP contribution in [-0.2, 0) is 0 Å². The highest BCUT2D eigenvalue weighted by Gasteiger charge is 2.10. The Bertz CT molecular complexity index is 583. The second-order valence-electron chi connectivity index (χ2n) is 3.35. The molecule has 0 saturated carbocycles. The van der Waals surface area contributed by atoms with Gasteiger partial charge >= 0.3 is 0 Å². The van der Waals surface area contributed by atoms with Gasteiger partial charge in [-0.3, -0.25) is 0 Å². The molecule has 0 radical (unpaired) electrons. The van der Waals surface area contributed by atoms with Gasteiger partial charge in [-0.1, -0.05) is 18.3 Å². The molecule has 0 bridgehead atoms. The van der Waals surface area contributed by atoms with Crippen LogP contribution in [0.2, 0.25) is 0 Å². The summed E-state index contributed by atoms with van der Waals surface area (Å²) in [6.45, 7) is 0. The van der Waals surface area contributed by atoms with Crippen LogP contribution in [-0.4, -0.2) is 15.0 Å². The molecule has 92 valence electrons. The number of nitrogens with zero attached hydrogens (tertiary/aromatic N) is 2. The maximum absolute atomic E-state index is 13.4. The van der Waals surface area contributed by atoms with Crippen LogP contribution in [0.5, 0.6) is 0 Å². The van der Waals surface area contributed by atoms with Crippen molar-refractivity contribution >= 4 is 28.8 Å². The van der Waals surface area contributed by atoms with E-state index in [2.05, 4.69) is 15.3 Å². The molecule has 0 saturated heterocycles. The van der Waals surface area contributed by atoms with E-state index in [1.807, 2.05) is 0 Å². The lowest BCUT2D eigenvalue weighted by atomic mass is 10.3. The van der Waals surface area contributed by atoms with Gasteiger partial charge in [0.1, 0.15) is 28.0 Å². The predicted molar refractivity (Wildman–Crippen MR) is 67.6 cm³/mol. The van der Waals surface area contributed by atoms with Gasteiger partial charge in [-0.2, -0.15) is 0 Å². The minimum absolute atomic E-state index is 0.0179. The highest BCUT2D eigenvalue weighted by molar-refractivity contribution is 7.80. The van der Waals surface area contributed by atoms with Crippen molar-refractivity contribution < 1.29 is 8.78 Å². The smallest absolute Gasteiger partial charge is 0.227 e. The van der Waals surface area contributed by atoms with E-state index in [1.165, 1.54) is 18.3 Å². The van der Waals surface area contributed by atoms with Gasteiger partial charge in [0.15, 0.2) is 0 Å². The molecule has 4 nitrogen and oxygen atoms in total. The maximum Gasteiger partial charge on any atom is 0.227 e. The first-order chi connectivity index (χ1) is 8.58. The highest BCUT2D eigenvalue weighted by atomic mass is 32.1. The number of nitrogens with one attached hydrogen (secondary N) is 1. The zero-order valence-corrected chi connectivity index (χ0v) is 9.84. The van der Waals surface area contributed by atoms with Gasteiger partial charge in [0, 0.05) is 6.20 Å². The van der Waals surface area contributed by atoms with E-state index in [0.717, 1.165) is 12.1 Å². The molecule has 0 fully saturated rings. The molecule has 0 amide bonds. The van der Waals surface area contributed by atoms with Crippen LogP contribution >= 0.6 is 12.2 Å². The Kier molecular flexibility index (Phi) is 3.42. The summed E-state index contributed by atoms with van der Waals surface area (Å²) in [5, 5.41) is 2.45. The van der Waals surface area contributed by atoms with Crippen LogP contribution in [0.15, 0.2) is 30.5 Å². The second kappa shape index (κ2) is 5.01. The number of halogens is 2. The first-order valence-corrected chi connectivity index (χ1v) is 5.32. The SMILES string of the molecule is NC(=S)c1ccnc(Nc2c(F)cccc2F)n1. The summed E-state index contributed by atoms with van der Waals surface area (Å²) in [6, 6.07) is 5.03. The lowest BCUT2D eigenvalue weighted by molar-refractivity contribution is 0.590. The number of para-hydroxylation sites is 1. The number of hydrogen-bond donors (Lipinski definition) is 2. The zero-order valence-electron chi connectivity index (χ0n) is 9.02. The van der Waals surface area contributed by atoms with Crippen LogP contribution < -0.4 is 11.1 Å². The topological polar surface area (TPSA) is 63.8 Å². The summed E-state index contributed by atoms with van der Waals surface area (Å²) in [5.41, 5.74) is 5.40. The Balaban J connectivity index is 2.34. The van der Waals surface area contributed by atoms with Crippen molar-refractivity contribution in [3.63, 3.8) is 0 Å². The van der Waals surface area contributed by atoms with Gasteiger partial charge in [-0.25, -0.2) is 18.7 Å². The van der Waals surface area contributed by atoms with Gasteiger partial charge in [-0.05, 0) is 18.2 Å². The van der Waals surface area contributed by atoms with Crippen LogP contribution in [0.4, 0.5) is 20.4 Å². The summed E-state index contributed by atoms with van der Waals surface area (Å²) in [6.07, 6.45) is 1.39. The third kappa shape index (κ3) is 2.57. The van der Waals surface area contributed by atoms with Gasteiger partial charge in [-0.15, -0.1) is 0 Å². The summed E-state index contributed by atoms with van der Waals surface area (Å²) < 4.78 is 26.8. The Morgan fingerprint density at radius 2 is 1.89 bits per heavy atom. The van der Waals surface area contributed by atoms with Crippen molar-refractivity contribution in [3.8, 4) is 0 Å². The number of aromatic nitrogens is 2. The molecule has 1 heterocycles. The molecule has 18 heavy (non-hydrogen) atoms. The number of benzene rings is 1. The van der Waals surface area contributed by atoms with E-state index in [4.69, 9.17) is 18.0 Å². The fraction of sp³-hybridized carbons (Fsp3) is 0. The Morgan fingerprint density at radius 3 is 2.50 bits per heavy atom. The van der Waals surface area contributed by atoms with Gasteiger partial charge in [0.2, 0.25) is 5.95 Å². The van der Waals surface area contributed by atoms with E-state index in [1.54, 1.807) is 0 Å². The normalized spacial score (nSPS) is 10.1. The van der Waals surface area contributed by atoms with E-state index in [9.17, 15) is 8.78 Å². The van der Waals surface area contributed by atoms with Crippen molar-refractivity contribution in [1.82, 2.24) is 9.97 Å². The first-order valence-electron chi connectivity index (χ1n) is 4.92. The molecule has 0 aliphatic rings. The summed E-state index contributed by atoms with van der Waals surface area (Å²) in [5.74, 6) is -1.46. The number of nitrogens with two attached hydrogens (primary N) is 1. The van der Waals surface area contributed by atoms with Crippen molar-refractivity contribution in [3.05, 3.63) is 47.8 Å². The predicted octanol–water partition coefficient (Wildman–Crippen LogP) is 2.13. The molecule has 0 aliphatic carbocycles. The van der Waals surface area contributed by atoms with Gasteiger partial charge < -0.3 is 11.1 Å². The molecule has 0 unspecified atom stereocenters. The third-order valence-corrected chi connectivity index (χ3v) is 2.32. The molecule has 7 heteroatoms. The zero-order chi connectivity index (χ0) is 13.1. The number of hydrogen-bond acceptors (Lipinski definition) is 4. The van der Waals surface area contributed by atoms with E-state index in [-0.39, 0.29) is 16.6 Å². The van der Waals surface area contributed by atoms with Crippen LogP contribution in [0.3, 0.4) is 0 Å². The maximum atomic E-state index is 13.4. The lowest BCUT2D eigenvalue weighted by Gasteiger charge is -2.07. The molecular formula is C11H8F2N4S. The van der Waals surface area contributed by atoms with E-state index < -0.39 is 11.6 Å². The number of anilines is 2. The van der Waals surface area contributed by atoms with Crippen LogP contribution in [0.25, 0.3) is 0 Å². The average molecular weight is 266 g/mol. The number of thiocarbonyl (C=S) groups is 1. The van der Waals surface area contributed by atoms with Gasteiger partial charge in [0.05, 0.1) is 0 Å². The third-order valence-electron chi connectivity index (χ3n) is 2.11. The molecule has 2 rings (SSSR count). The summed E-state index contributed by atoms with van der Waals surface area (Å²) >= 11 is 4.75. The van der Waals surface area contributed by atoms with Crippen molar-refractivity contribution in [2.45, 2.75) is 0 Å². The largest absolute Gasteiger partial charge is 0.388 e. The molecule has 0 atom stereocenters. The molecule has 1 aromatic heterocycles. The quantitative estimate of drug-likeness (QED) is 0.833. The standard InChI is InChI=1S/C11H8F2N4S/c12-6-2-1-3-7(13)9(6)17-11-15-5-4-8(16-11)10(14)18/h1-5H,(H2,14,18)(H,15,16,17). The Hall–Kier alpha value is -2.15. The van der Waals surface area contributed by atoms with E-state index in [0.29, 0.717) is 5.69 Å². The average Bonchev–Trinajstić information content (AvgIpc) is 2.34. The van der Waals surface area contributed by atoms with Crippen LogP contribution in [0.1, 0.15) is 5.69 Å². The van der Waals surface area contributed by atoms with Crippen molar-refractivity contribution in [1.29, 1.82) is 0 Å². The van der Waals surface area contributed by atoms with Gasteiger partial charge in [0.25, 0.3) is 0 Å². The molecule has 0 spiro atoms. The Morgan fingerprint density at radius 1 is 1.22 bits per heavy atom. The monoisotopic (exact) mass is 266 g/mol. The van der Waals surface area contributed by atoms with Crippen LogP contribution in [0, 0.1) is 11.6 Å². The van der Waals surface area contributed by atoms with Crippen molar-refractivity contribution in [2.24, 2.45) is 5.73 Å². The molecule has 0 aliphatic heterocycles. The molecular weight excluding hydrogens is 258 g/mol.